The molecule has 1 aromatic heterocycles. The van der Waals surface area contributed by atoms with Crippen LogP contribution in [0.2, 0.25) is 18.1 Å². The smallest absolute Gasteiger partial charge is 0.415 e. The molecule has 0 saturated heterocycles. The predicted molar refractivity (Wildman–Crippen MR) is 130 cm³/mol. The normalized spacial score (nSPS) is 17.1. The van der Waals surface area contributed by atoms with E-state index in [0.717, 1.165) is 11.3 Å². The molecular weight excluding hydrogens is 420 g/mol. The molecule has 1 aliphatic rings. The minimum Gasteiger partial charge on any atom is -0.443 e. The van der Waals surface area contributed by atoms with E-state index in [1.807, 2.05) is 43.5 Å². The van der Waals surface area contributed by atoms with E-state index in [0.29, 0.717) is 18.9 Å². The molecule has 1 amide bonds. The maximum absolute atomic E-state index is 12.9. The van der Waals surface area contributed by atoms with Crippen molar-refractivity contribution in [3.05, 3.63) is 47.9 Å². The third-order valence-electron chi connectivity index (χ3n) is 5.89. The Morgan fingerprint density at radius 3 is 2.38 bits per heavy atom. The second-order valence-corrected chi connectivity index (χ2v) is 15.6. The summed E-state index contributed by atoms with van der Waals surface area (Å²) in [7, 11) is -2.14. The van der Waals surface area contributed by atoms with Gasteiger partial charge in [0, 0.05) is 0 Å². The minimum atomic E-state index is -2.14. The molecule has 0 saturated carbocycles. The van der Waals surface area contributed by atoms with Crippen molar-refractivity contribution in [2.75, 3.05) is 6.54 Å². The van der Waals surface area contributed by atoms with Crippen LogP contribution in [0.15, 0.2) is 41.7 Å². The van der Waals surface area contributed by atoms with Crippen LogP contribution in [0.3, 0.4) is 0 Å². The zero-order valence-corrected chi connectivity index (χ0v) is 21.5. The van der Waals surface area contributed by atoms with Crippen molar-refractivity contribution < 1.29 is 14.0 Å². The number of aromatic nitrogens is 2. The largest absolute Gasteiger partial charge is 0.443 e. The van der Waals surface area contributed by atoms with Crippen molar-refractivity contribution in [1.29, 1.82) is 0 Å². The summed E-state index contributed by atoms with van der Waals surface area (Å²) in [4.78, 5) is 23.7. The lowest BCUT2D eigenvalue weighted by atomic mass is 10.2. The fourth-order valence-corrected chi connectivity index (χ4v) is 4.41. The van der Waals surface area contributed by atoms with Gasteiger partial charge in [-0.25, -0.2) is 14.8 Å². The van der Waals surface area contributed by atoms with Crippen LogP contribution < -0.4 is 0 Å². The SMILES string of the molecule is CC(C)(C)OC(=O)N1C=Nc2c(ncn2Cc2ccccc2)[C@H](O[Si](C)(C)C(C)(C)C)C1. The van der Waals surface area contributed by atoms with Gasteiger partial charge < -0.3 is 13.7 Å². The number of nitrogens with zero attached hydrogens (tertiary/aromatic N) is 4. The highest BCUT2D eigenvalue weighted by Crippen LogP contribution is 2.41. The molecule has 0 fully saturated rings. The zero-order chi connectivity index (χ0) is 23.7. The number of fused-ring (bicyclic) bond motifs is 1. The molecule has 2 heterocycles. The van der Waals surface area contributed by atoms with Crippen molar-refractivity contribution in [3.63, 3.8) is 0 Å². The van der Waals surface area contributed by atoms with Crippen LogP contribution in [0.1, 0.15) is 58.9 Å². The average Bonchev–Trinajstić information content (AvgIpc) is 2.95. The molecular formula is C24H36N4O3Si. The highest BCUT2D eigenvalue weighted by molar-refractivity contribution is 6.74. The van der Waals surface area contributed by atoms with E-state index in [2.05, 4.69) is 51.0 Å². The van der Waals surface area contributed by atoms with Crippen LogP contribution in [0.25, 0.3) is 0 Å². The van der Waals surface area contributed by atoms with Gasteiger partial charge in [-0.1, -0.05) is 51.1 Å². The van der Waals surface area contributed by atoms with Crippen molar-refractivity contribution in [2.45, 2.75) is 77.9 Å². The summed E-state index contributed by atoms with van der Waals surface area (Å²) in [5.74, 6) is 0.712. The summed E-state index contributed by atoms with van der Waals surface area (Å²) in [6.45, 7) is 17.5. The van der Waals surface area contributed by atoms with Gasteiger partial charge in [-0.2, -0.15) is 0 Å². The Bertz CT molecular complexity index is 971. The van der Waals surface area contributed by atoms with Crippen molar-refractivity contribution >= 4 is 26.6 Å². The lowest BCUT2D eigenvalue weighted by Gasteiger charge is -2.39. The lowest BCUT2D eigenvalue weighted by Crippen LogP contribution is -2.45. The maximum atomic E-state index is 12.9. The van der Waals surface area contributed by atoms with Gasteiger partial charge in [-0.3, -0.25) is 4.90 Å². The molecule has 7 nitrogen and oxygen atoms in total. The van der Waals surface area contributed by atoms with E-state index in [-0.39, 0.29) is 5.04 Å². The molecule has 1 atom stereocenters. The van der Waals surface area contributed by atoms with Crippen molar-refractivity contribution in [1.82, 2.24) is 14.5 Å². The van der Waals surface area contributed by atoms with E-state index in [4.69, 9.17) is 14.1 Å². The fourth-order valence-electron chi connectivity index (χ4n) is 3.16. The predicted octanol–water partition coefficient (Wildman–Crippen LogP) is 5.90. The molecule has 0 radical (unpaired) electrons. The molecule has 3 rings (SSSR count). The van der Waals surface area contributed by atoms with Crippen LogP contribution in [0, 0.1) is 0 Å². The third-order valence-corrected chi connectivity index (χ3v) is 10.4. The number of ether oxygens (including phenoxy) is 1. The summed E-state index contributed by atoms with van der Waals surface area (Å²) in [6.07, 6.45) is 2.52. The highest BCUT2D eigenvalue weighted by atomic mass is 28.4. The number of rotatable bonds is 4. The van der Waals surface area contributed by atoms with Gasteiger partial charge in [0.15, 0.2) is 14.1 Å². The topological polar surface area (TPSA) is 69.0 Å². The number of amides is 1. The Morgan fingerprint density at radius 1 is 1.12 bits per heavy atom. The second-order valence-electron chi connectivity index (χ2n) is 10.8. The molecule has 174 valence electrons. The van der Waals surface area contributed by atoms with Crippen LogP contribution in [-0.2, 0) is 15.7 Å². The Labute approximate surface area is 192 Å². The molecule has 0 unspecified atom stereocenters. The van der Waals surface area contributed by atoms with Gasteiger partial charge in [0.25, 0.3) is 0 Å². The average molecular weight is 457 g/mol. The molecule has 0 aliphatic carbocycles. The zero-order valence-electron chi connectivity index (χ0n) is 20.5. The monoisotopic (exact) mass is 456 g/mol. The van der Waals surface area contributed by atoms with Gasteiger partial charge in [0.1, 0.15) is 23.7 Å². The molecule has 32 heavy (non-hydrogen) atoms. The Morgan fingerprint density at radius 2 is 1.78 bits per heavy atom. The third kappa shape index (κ3) is 5.66. The van der Waals surface area contributed by atoms with Crippen molar-refractivity contribution in [2.24, 2.45) is 4.99 Å². The number of carbonyl (C=O) groups is 1. The van der Waals surface area contributed by atoms with Crippen molar-refractivity contribution in [3.8, 4) is 0 Å². The highest BCUT2D eigenvalue weighted by Gasteiger charge is 2.42. The number of carbonyl (C=O) groups excluding carboxylic acids is 1. The van der Waals surface area contributed by atoms with Crippen LogP contribution in [0.5, 0.6) is 0 Å². The second kappa shape index (κ2) is 8.82. The standard InChI is InChI=1S/C24H36N4O3Si/c1-23(2,3)30-22(29)28-15-19(31-32(7,8)24(4,5)6)20-21(26-17-28)27(16-25-20)14-18-12-10-9-11-13-18/h9-13,16-17,19H,14-15H2,1-8H3/t19-/m1/s1. The number of aliphatic imine (C=N–C) groups is 1. The van der Waals surface area contributed by atoms with E-state index in [1.54, 1.807) is 12.7 Å². The Kier molecular flexibility index (Phi) is 6.67. The summed E-state index contributed by atoms with van der Waals surface area (Å²) >= 11 is 0. The number of benzene rings is 1. The quantitative estimate of drug-likeness (QED) is 0.537. The van der Waals surface area contributed by atoms with Crippen LogP contribution in [-0.4, -0.2) is 47.3 Å². The van der Waals surface area contributed by atoms with Gasteiger partial charge >= 0.3 is 6.09 Å². The van der Waals surface area contributed by atoms with E-state index in [1.165, 1.54) is 4.90 Å². The number of hydrogen-bond acceptors (Lipinski definition) is 5. The number of imidazole rings is 1. The van der Waals surface area contributed by atoms with E-state index < -0.39 is 26.1 Å². The Hall–Kier alpha value is -2.45. The first-order valence-corrected chi connectivity index (χ1v) is 14.0. The van der Waals surface area contributed by atoms with Gasteiger partial charge in [0.05, 0.1) is 19.4 Å². The number of hydrogen-bond donors (Lipinski definition) is 0. The first kappa shape index (κ1) is 24.2. The van der Waals surface area contributed by atoms with Gasteiger partial charge in [-0.15, -0.1) is 0 Å². The van der Waals surface area contributed by atoms with E-state index >= 15 is 0 Å². The first-order valence-electron chi connectivity index (χ1n) is 11.1. The molecule has 2 aromatic rings. The van der Waals surface area contributed by atoms with Gasteiger partial charge in [0.2, 0.25) is 0 Å². The molecule has 0 spiro atoms. The summed E-state index contributed by atoms with van der Waals surface area (Å²) in [5.41, 5.74) is 1.31. The van der Waals surface area contributed by atoms with E-state index in [9.17, 15) is 4.79 Å². The molecule has 1 aromatic carbocycles. The summed E-state index contributed by atoms with van der Waals surface area (Å²) in [6, 6.07) is 10.2. The first-order chi connectivity index (χ1) is 14.8. The van der Waals surface area contributed by atoms with Crippen LogP contribution in [0.4, 0.5) is 10.6 Å². The molecule has 0 N–H and O–H groups in total. The lowest BCUT2D eigenvalue weighted by molar-refractivity contribution is 0.0313. The fraction of sp³-hybridized carbons (Fsp3) is 0.542. The summed E-state index contributed by atoms with van der Waals surface area (Å²) in [5, 5.41) is 0.0175. The molecule has 0 bridgehead atoms. The van der Waals surface area contributed by atoms with Crippen LogP contribution >= 0.6 is 0 Å². The minimum absolute atomic E-state index is 0.0175. The Balaban J connectivity index is 1.97. The van der Waals surface area contributed by atoms with Gasteiger partial charge in [-0.05, 0) is 44.5 Å². The summed E-state index contributed by atoms with van der Waals surface area (Å²) < 4.78 is 14.4. The maximum Gasteiger partial charge on any atom is 0.415 e. The molecule has 8 heteroatoms. The molecule has 1 aliphatic heterocycles.